The highest BCUT2D eigenvalue weighted by Crippen LogP contribution is 1.78. The van der Waals surface area contributed by atoms with E-state index in [-0.39, 0.29) is 13.2 Å². The van der Waals surface area contributed by atoms with Crippen LogP contribution in [0.2, 0.25) is 0 Å². The fourth-order valence-corrected chi connectivity index (χ4v) is 0.183. The summed E-state index contributed by atoms with van der Waals surface area (Å²) in [5, 5.41) is 15.2. The van der Waals surface area contributed by atoms with Gasteiger partial charge in [-0.2, -0.15) is 0 Å². The van der Waals surface area contributed by atoms with Crippen LogP contribution in [0.15, 0.2) is 25.0 Å². The second-order valence-corrected chi connectivity index (χ2v) is 1.56. The molecule has 4 nitrogen and oxygen atoms in total. The maximum Gasteiger partial charge on any atom is 0.334 e. The number of hydrogen-bond acceptors (Lipinski definition) is 4. The molecule has 0 radical (unpaired) electrons. The minimum absolute atomic E-state index is 0.125. The van der Waals surface area contributed by atoms with Crippen LogP contribution < -0.4 is 0 Å². The molecule has 0 aliphatic rings. The number of aliphatic hydroxyl groups excluding tert-OH is 2. The average molecular weight is 174 g/mol. The molecule has 0 aromatic heterocycles. The SMILES string of the molecule is C=CC(=O)O/C=C/C.OCCO. The van der Waals surface area contributed by atoms with Crippen LogP contribution in [0.1, 0.15) is 6.92 Å². The topological polar surface area (TPSA) is 66.8 Å². The minimum Gasteiger partial charge on any atom is -0.432 e. The lowest BCUT2D eigenvalue weighted by Gasteiger charge is -1.86. The quantitative estimate of drug-likeness (QED) is 0.365. The van der Waals surface area contributed by atoms with Crippen molar-refractivity contribution in [3.8, 4) is 0 Å². The molecule has 0 aliphatic carbocycles. The lowest BCUT2D eigenvalue weighted by molar-refractivity contribution is -0.132. The van der Waals surface area contributed by atoms with Crippen LogP contribution in [0.4, 0.5) is 0 Å². The van der Waals surface area contributed by atoms with Gasteiger partial charge in [0.1, 0.15) is 0 Å². The third-order valence-electron chi connectivity index (χ3n) is 0.587. The molecule has 0 aromatic carbocycles. The van der Waals surface area contributed by atoms with Crippen molar-refractivity contribution in [2.45, 2.75) is 6.92 Å². The predicted molar refractivity (Wildman–Crippen MR) is 45.3 cm³/mol. The Morgan fingerprint density at radius 1 is 1.50 bits per heavy atom. The van der Waals surface area contributed by atoms with E-state index in [1.54, 1.807) is 13.0 Å². The summed E-state index contributed by atoms with van der Waals surface area (Å²) < 4.78 is 4.40. The first-order valence-corrected chi connectivity index (χ1v) is 3.38. The first kappa shape index (κ1) is 13.5. The third kappa shape index (κ3) is 15.9. The number of ether oxygens (including phenoxy) is 1. The van der Waals surface area contributed by atoms with E-state index >= 15 is 0 Å². The average Bonchev–Trinajstić information content (AvgIpc) is 2.14. The normalized spacial score (nSPS) is 8.58. The zero-order valence-electron chi connectivity index (χ0n) is 7.06. The molecule has 12 heavy (non-hydrogen) atoms. The molecule has 0 bridgehead atoms. The zero-order chi connectivity index (χ0) is 9.82. The van der Waals surface area contributed by atoms with Crippen LogP contribution in [0.3, 0.4) is 0 Å². The molecule has 0 rings (SSSR count). The Balaban J connectivity index is 0. The molecule has 0 aliphatic heterocycles. The van der Waals surface area contributed by atoms with Gasteiger partial charge < -0.3 is 14.9 Å². The maximum atomic E-state index is 10.2. The van der Waals surface area contributed by atoms with E-state index in [4.69, 9.17) is 10.2 Å². The monoisotopic (exact) mass is 174 g/mol. The van der Waals surface area contributed by atoms with Gasteiger partial charge in [-0.15, -0.1) is 0 Å². The standard InChI is InChI=1S/C6H8O2.C2H6O2/c1-3-5-8-6(7)4-2;3-1-2-4/h3-5H,2H2,1H3;3-4H,1-2H2/b5-3+;. The summed E-state index contributed by atoms with van der Waals surface area (Å²) in [6.07, 6.45) is 4.05. The summed E-state index contributed by atoms with van der Waals surface area (Å²) in [6.45, 7) is 4.72. The summed E-state index contributed by atoms with van der Waals surface area (Å²) in [5.74, 6) is -0.428. The molecule has 4 heteroatoms. The molecule has 0 spiro atoms. The van der Waals surface area contributed by atoms with E-state index in [0.717, 1.165) is 6.08 Å². The highest BCUT2D eigenvalue weighted by atomic mass is 16.5. The van der Waals surface area contributed by atoms with Crippen molar-refractivity contribution in [3.05, 3.63) is 25.0 Å². The fraction of sp³-hybridized carbons (Fsp3) is 0.375. The smallest absolute Gasteiger partial charge is 0.334 e. The lowest BCUT2D eigenvalue weighted by Crippen LogP contribution is -1.90. The summed E-state index contributed by atoms with van der Waals surface area (Å²) in [5.41, 5.74) is 0. The van der Waals surface area contributed by atoms with E-state index in [0.29, 0.717) is 0 Å². The Kier molecular flexibility index (Phi) is 14.1. The van der Waals surface area contributed by atoms with E-state index in [1.807, 2.05) is 0 Å². The van der Waals surface area contributed by atoms with Gasteiger partial charge in [-0.1, -0.05) is 12.7 Å². The second-order valence-electron chi connectivity index (χ2n) is 1.56. The van der Waals surface area contributed by atoms with Gasteiger partial charge >= 0.3 is 5.97 Å². The minimum atomic E-state index is -0.428. The maximum absolute atomic E-state index is 10.2. The number of hydrogen-bond donors (Lipinski definition) is 2. The largest absolute Gasteiger partial charge is 0.432 e. The Bertz CT molecular complexity index is 138. The molecule has 0 saturated heterocycles. The molecule has 0 unspecified atom stereocenters. The van der Waals surface area contributed by atoms with Gasteiger partial charge in [0.25, 0.3) is 0 Å². The summed E-state index contributed by atoms with van der Waals surface area (Å²) >= 11 is 0. The van der Waals surface area contributed by atoms with Crippen LogP contribution in [-0.4, -0.2) is 29.4 Å². The van der Waals surface area contributed by atoms with Crippen LogP contribution in [-0.2, 0) is 9.53 Å². The van der Waals surface area contributed by atoms with Gasteiger partial charge in [-0.25, -0.2) is 4.79 Å². The van der Waals surface area contributed by atoms with Crippen LogP contribution in [0.5, 0.6) is 0 Å². The van der Waals surface area contributed by atoms with Crippen molar-refractivity contribution in [2.24, 2.45) is 0 Å². The van der Waals surface area contributed by atoms with E-state index in [9.17, 15) is 4.79 Å². The highest BCUT2D eigenvalue weighted by Gasteiger charge is 1.85. The van der Waals surface area contributed by atoms with Crippen molar-refractivity contribution in [3.63, 3.8) is 0 Å². The Morgan fingerprint density at radius 3 is 2.25 bits per heavy atom. The van der Waals surface area contributed by atoms with Crippen molar-refractivity contribution in [2.75, 3.05) is 13.2 Å². The van der Waals surface area contributed by atoms with Crippen molar-refractivity contribution in [1.82, 2.24) is 0 Å². The number of esters is 1. The van der Waals surface area contributed by atoms with Crippen LogP contribution >= 0.6 is 0 Å². The summed E-state index contributed by atoms with van der Waals surface area (Å²) in [7, 11) is 0. The fourth-order valence-electron chi connectivity index (χ4n) is 0.183. The molecule has 70 valence electrons. The van der Waals surface area contributed by atoms with Gasteiger partial charge in [0, 0.05) is 6.08 Å². The Hall–Kier alpha value is -1.13. The van der Waals surface area contributed by atoms with Crippen LogP contribution in [0, 0.1) is 0 Å². The second kappa shape index (κ2) is 12.5. The Labute approximate surface area is 71.8 Å². The number of allylic oxidation sites excluding steroid dienone is 1. The highest BCUT2D eigenvalue weighted by molar-refractivity contribution is 5.81. The molecule has 0 saturated carbocycles. The molecular weight excluding hydrogens is 160 g/mol. The lowest BCUT2D eigenvalue weighted by atomic mass is 10.6. The zero-order valence-corrected chi connectivity index (χ0v) is 7.06. The molecule has 0 amide bonds. The first-order chi connectivity index (χ1) is 5.72. The van der Waals surface area contributed by atoms with Gasteiger partial charge in [0.15, 0.2) is 0 Å². The third-order valence-corrected chi connectivity index (χ3v) is 0.587. The van der Waals surface area contributed by atoms with E-state index in [1.165, 1.54) is 6.26 Å². The van der Waals surface area contributed by atoms with Gasteiger partial charge in [0.2, 0.25) is 0 Å². The molecule has 0 aromatic rings. The summed E-state index contributed by atoms with van der Waals surface area (Å²) in [4.78, 5) is 10.2. The van der Waals surface area contributed by atoms with E-state index in [2.05, 4.69) is 11.3 Å². The van der Waals surface area contributed by atoms with Gasteiger partial charge in [0.05, 0.1) is 19.5 Å². The number of rotatable bonds is 3. The van der Waals surface area contributed by atoms with E-state index < -0.39 is 5.97 Å². The predicted octanol–water partition coefficient (Wildman–Crippen LogP) is 0.220. The molecule has 0 heterocycles. The molecule has 2 N–H and O–H groups in total. The molecule has 0 fully saturated rings. The molecule has 0 atom stereocenters. The first-order valence-electron chi connectivity index (χ1n) is 3.38. The van der Waals surface area contributed by atoms with Gasteiger partial charge in [-0.05, 0) is 6.92 Å². The van der Waals surface area contributed by atoms with Gasteiger partial charge in [-0.3, -0.25) is 0 Å². The number of carbonyl (C=O) groups is 1. The molecular formula is C8H14O4. The summed E-state index contributed by atoms with van der Waals surface area (Å²) in [6, 6.07) is 0. The van der Waals surface area contributed by atoms with Crippen molar-refractivity contribution in [1.29, 1.82) is 0 Å². The van der Waals surface area contributed by atoms with Crippen molar-refractivity contribution >= 4 is 5.97 Å². The number of aliphatic hydroxyl groups is 2. The van der Waals surface area contributed by atoms with Crippen LogP contribution in [0.25, 0.3) is 0 Å². The number of carbonyl (C=O) groups excluding carboxylic acids is 1. The Morgan fingerprint density at radius 2 is 2.00 bits per heavy atom. The van der Waals surface area contributed by atoms with Crippen molar-refractivity contribution < 1.29 is 19.7 Å².